The minimum absolute atomic E-state index is 0.127. The second-order valence-electron chi connectivity index (χ2n) is 10.7. The Morgan fingerprint density at radius 3 is 2.26 bits per heavy atom. The van der Waals surface area contributed by atoms with Crippen LogP contribution in [0.1, 0.15) is 66.4 Å². The molecule has 1 fully saturated rings. The topological polar surface area (TPSA) is 114 Å². The molecule has 1 aromatic rings. The molecular weight excluding hydrogens is 456 g/mol. The van der Waals surface area contributed by atoms with Crippen LogP contribution in [0.5, 0.6) is 0 Å². The van der Waals surface area contributed by atoms with E-state index in [4.69, 9.17) is 22.1 Å². The molecule has 3 amide bonds. The van der Waals surface area contributed by atoms with Crippen LogP contribution < -0.4 is 16.4 Å². The molecule has 190 valence electrons. The minimum atomic E-state index is -1.28. The summed E-state index contributed by atoms with van der Waals surface area (Å²) in [4.78, 5) is 39.8. The Hall–Kier alpha value is -2.32. The maximum Gasteiger partial charge on any atom is 0.324 e. The van der Waals surface area contributed by atoms with Gasteiger partial charge in [-0.15, -0.1) is 0 Å². The molecule has 1 aromatic carbocycles. The van der Waals surface area contributed by atoms with E-state index in [1.165, 1.54) is 12.5 Å². The lowest BCUT2D eigenvalue weighted by molar-refractivity contribution is -0.159. The van der Waals surface area contributed by atoms with Crippen molar-refractivity contribution in [2.75, 3.05) is 13.1 Å². The van der Waals surface area contributed by atoms with Crippen molar-refractivity contribution in [3.63, 3.8) is 0 Å². The average molecular weight is 495 g/mol. The number of nitrogens with one attached hydrogen (secondary N) is 2. The fourth-order valence-electron chi connectivity index (χ4n) is 4.39. The van der Waals surface area contributed by atoms with Crippen LogP contribution in [-0.2, 0) is 14.3 Å². The van der Waals surface area contributed by atoms with E-state index in [2.05, 4.69) is 36.6 Å². The van der Waals surface area contributed by atoms with Gasteiger partial charge in [0, 0.05) is 18.1 Å². The fraction of sp³-hybridized carbons (Fsp3) is 0.640. The van der Waals surface area contributed by atoms with E-state index in [1.54, 1.807) is 13.8 Å². The highest BCUT2D eigenvalue weighted by Gasteiger charge is 2.41. The van der Waals surface area contributed by atoms with Crippen LogP contribution in [0.3, 0.4) is 0 Å². The number of esters is 1. The summed E-state index contributed by atoms with van der Waals surface area (Å²) in [7, 11) is 0. The van der Waals surface area contributed by atoms with Gasteiger partial charge in [0.2, 0.25) is 5.91 Å². The van der Waals surface area contributed by atoms with E-state index < -0.39 is 29.8 Å². The Morgan fingerprint density at radius 1 is 1.18 bits per heavy atom. The number of urea groups is 1. The summed E-state index contributed by atoms with van der Waals surface area (Å²) in [5.74, 6) is -0.598. The number of likely N-dealkylation sites (tertiary alicyclic amines) is 1. The van der Waals surface area contributed by atoms with Crippen LogP contribution in [0.2, 0.25) is 5.02 Å². The number of nitrogens with zero attached hydrogens (tertiary/aromatic N) is 1. The maximum atomic E-state index is 13.4. The lowest BCUT2D eigenvalue weighted by Crippen LogP contribution is -2.59. The van der Waals surface area contributed by atoms with Gasteiger partial charge in [-0.25, -0.2) is 4.79 Å². The van der Waals surface area contributed by atoms with Crippen LogP contribution in [0.25, 0.3) is 0 Å². The molecule has 0 radical (unpaired) electrons. The zero-order valence-electron chi connectivity index (χ0n) is 21.3. The molecule has 0 aromatic heterocycles. The standard InChI is InChI=1S/C25H39ClN4O4/c1-15(2)20(28-23(33)29-25(6,7)34-22(32)16(3)27)21(31)30-13-12-19(24(4,5)14-30)17-8-10-18(26)11-9-17/h8-11,15-16,19-20H,12-14,27H2,1-7H3,(H2,28,29,33)/t16-,19?,20?/m0/s1. The number of hydrogen-bond donors (Lipinski definition) is 3. The van der Waals surface area contributed by atoms with Gasteiger partial charge in [0.25, 0.3) is 0 Å². The van der Waals surface area contributed by atoms with Crippen LogP contribution in [0, 0.1) is 11.3 Å². The summed E-state index contributed by atoms with van der Waals surface area (Å²) in [5.41, 5.74) is 5.31. The van der Waals surface area contributed by atoms with Gasteiger partial charge in [-0.2, -0.15) is 0 Å². The van der Waals surface area contributed by atoms with E-state index in [0.717, 1.165) is 6.42 Å². The van der Waals surface area contributed by atoms with E-state index in [0.29, 0.717) is 24.0 Å². The zero-order valence-corrected chi connectivity index (χ0v) is 22.0. The van der Waals surface area contributed by atoms with Gasteiger partial charge in [0.05, 0.1) is 0 Å². The number of ether oxygens (including phenoxy) is 1. The number of amides is 3. The van der Waals surface area contributed by atoms with Gasteiger partial charge in [-0.3, -0.25) is 9.59 Å². The van der Waals surface area contributed by atoms with E-state index >= 15 is 0 Å². The van der Waals surface area contributed by atoms with Crippen LogP contribution in [0.4, 0.5) is 4.79 Å². The number of piperidine rings is 1. The third kappa shape index (κ3) is 7.34. The summed E-state index contributed by atoms with van der Waals surface area (Å²) in [6.07, 6.45) is 0.817. The largest absolute Gasteiger partial charge is 0.438 e. The highest BCUT2D eigenvalue weighted by atomic mass is 35.5. The number of carbonyl (C=O) groups excluding carboxylic acids is 3. The summed E-state index contributed by atoms with van der Waals surface area (Å²) >= 11 is 6.05. The van der Waals surface area contributed by atoms with Gasteiger partial charge in [0.15, 0.2) is 5.72 Å². The molecular formula is C25H39ClN4O4. The number of rotatable bonds is 7. The molecule has 34 heavy (non-hydrogen) atoms. The first-order valence-corrected chi connectivity index (χ1v) is 12.1. The third-order valence-corrected chi connectivity index (χ3v) is 6.43. The van der Waals surface area contributed by atoms with Crippen molar-refractivity contribution in [2.45, 2.75) is 78.6 Å². The average Bonchev–Trinajstić information content (AvgIpc) is 2.70. The van der Waals surface area contributed by atoms with Crippen LogP contribution in [0.15, 0.2) is 24.3 Å². The highest BCUT2D eigenvalue weighted by Crippen LogP contribution is 2.42. The normalized spacial score (nSPS) is 19.8. The summed E-state index contributed by atoms with van der Waals surface area (Å²) in [6, 6.07) is 5.77. The molecule has 3 atom stereocenters. The molecule has 1 aliphatic rings. The lowest BCUT2D eigenvalue weighted by Gasteiger charge is -2.45. The number of carbonyl (C=O) groups is 3. The highest BCUT2D eigenvalue weighted by molar-refractivity contribution is 6.30. The van der Waals surface area contributed by atoms with Gasteiger partial charge < -0.3 is 26.0 Å². The van der Waals surface area contributed by atoms with Crippen molar-refractivity contribution in [3.8, 4) is 0 Å². The molecule has 4 N–H and O–H groups in total. The molecule has 1 saturated heterocycles. The molecule has 9 heteroatoms. The first-order valence-electron chi connectivity index (χ1n) is 11.7. The van der Waals surface area contributed by atoms with Gasteiger partial charge in [0.1, 0.15) is 12.1 Å². The van der Waals surface area contributed by atoms with Crippen molar-refractivity contribution in [1.82, 2.24) is 15.5 Å². The van der Waals surface area contributed by atoms with Gasteiger partial charge in [-0.05, 0) is 62.1 Å². The molecule has 0 bridgehead atoms. The van der Waals surface area contributed by atoms with Crippen molar-refractivity contribution in [1.29, 1.82) is 0 Å². The van der Waals surface area contributed by atoms with E-state index in [-0.39, 0.29) is 17.2 Å². The second kappa shape index (κ2) is 11.0. The van der Waals surface area contributed by atoms with Crippen molar-refractivity contribution < 1.29 is 19.1 Å². The second-order valence-corrected chi connectivity index (χ2v) is 11.1. The molecule has 0 saturated carbocycles. The van der Waals surface area contributed by atoms with Crippen molar-refractivity contribution in [3.05, 3.63) is 34.9 Å². The fourth-order valence-corrected chi connectivity index (χ4v) is 4.51. The number of halogens is 1. The van der Waals surface area contributed by atoms with Crippen LogP contribution in [-0.4, -0.2) is 53.7 Å². The molecule has 1 aliphatic heterocycles. The first-order chi connectivity index (χ1) is 15.6. The Kier molecular flexibility index (Phi) is 8.99. The van der Waals surface area contributed by atoms with Gasteiger partial charge in [-0.1, -0.05) is 51.4 Å². The monoisotopic (exact) mass is 494 g/mol. The Labute approximate surface area is 207 Å². The zero-order chi connectivity index (χ0) is 25.8. The summed E-state index contributed by atoms with van der Waals surface area (Å²) < 4.78 is 5.24. The van der Waals surface area contributed by atoms with Crippen molar-refractivity contribution >= 4 is 29.5 Å². The van der Waals surface area contributed by atoms with Crippen LogP contribution >= 0.6 is 11.6 Å². The van der Waals surface area contributed by atoms with Crippen molar-refractivity contribution in [2.24, 2.45) is 17.1 Å². The predicted octanol–water partition coefficient (Wildman–Crippen LogP) is 3.63. The molecule has 2 unspecified atom stereocenters. The molecule has 2 rings (SSSR count). The quantitative estimate of drug-likeness (QED) is 0.395. The number of hydrogen-bond acceptors (Lipinski definition) is 5. The molecule has 1 heterocycles. The minimum Gasteiger partial charge on any atom is -0.438 e. The lowest BCUT2D eigenvalue weighted by atomic mass is 9.70. The predicted molar refractivity (Wildman–Crippen MR) is 133 cm³/mol. The van der Waals surface area contributed by atoms with E-state index in [1.807, 2.05) is 30.9 Å². The summed E-state index contributed by atoms with van der Waals surface area (Å²) in [5, 5.41) is 6.08. The number of benzene rings is 1. The Balaban J connectivity index is 2.06. The molecule has 0 spiro atoms. The summed E-state index contributed by atoms with van der Waals surface area (Å²) in [6.45, 7) is 13.8. The van der Waals surface area contributed by atoms with Gasteiger partial charge >= 0.3 is 12.0 Å². The number of nitrogens with two attached hydrogens (primary N) is 1. The Morgan fingerprint density at radius 2 is 1.76 bits per heavy atom. The molecule has 8 nitrogen and oxygen atoms in total. The maximum absolute atomic E-state index is 13.4. The Bertz CT molecular complexity index is 883. The molecule has 0 aliphatic carbocycles. The smallest absolute Gasteiger partial charge is 0.324 e. The first kappa shape index (κ1) is 27.9. The van der Waals surface area contributed by atoms with E-state index in [9.17, 15) is 14.4 Å². The SMILES string of the molecule is CC(C)C(NC(=O)NC(C)(C)OC(=O)[C@H](C)N)C(=O)N1CCC(c2ccc(Cl)cc2)C(C)(C)C1. The third-order valence-electron chi connectivity index (χ3n) is 6.17.